The van der Waals surface area contributed by atoms with Gasteiger partial charge in [-0.25, -0.2) is 4.39 Å². The van der Waals surface area contributed by atoms with Crippen LogP contribution in [0.1, 0.15) is 15.9 Å². The highest BCUT2D eigenvalue weighted by molar-refractivity contribution is 5.97. The maximum atomic E-state index is 13.1. The van der Waals surface area contributed by atoms with Gasteiger partial charge in [-0.2, -0.15) is 9.67 Å². The van der Waals surface area contributed by atoms with E-state index in [0.717, 1.165) is 10.2 Å². The van der Waals surface area contributed by atoms with Crippen molar-refractivity contribution in [3.63, 3.8) is 0 Å². The molecule has 0 fully saturated rings. The van der Waals surface area contributed by atoms with E-state index >= 15 is 0 Å². The minimum Gasteiger partial charge on any atom is -0.350 e. The second-order valence-electron chi connectivity index (χ2n) is 6.50. The van der Waals surface area contributed by atoms with Crippen LogP contribution in [0.4, 0.5) is 16.0 Å². The first-order valence-electron chi connectivity index (χ1n) is 9.16. The largest absolute Gasteiger partial charge is 0.350 e. The fraction of sp³-hybridized carbons (Fsp3) is 0.0476. The lowest BCUT2D eigenvalue weighted by Gasteiger charge is -2.07. The summed E-state index contributed by atoms with van der Waals surface area (Å²) < 4.78 is 14.2. The van der Waals surface area contributed by atoms with Crippen LogP contribution in [-0.4, -0.2) is 30.6 Å². The van der Waals surface area contributed by atoms with Gasteiger partial charge in [0.15, 0.2) is 5.82 Å². The van der Waals surface area contributed by atoms with Gasteiger partial charge in [0.2, 0.25) is 5.95 Å². The van der Waals surface area contributed by atoms with Crippen molar-refractivity contribution in [1.82, 2.24) is 19.7 Å². The molecule has 0 bridgehead atoms. The Morgan fingerprint density at radius 1 is 1.10 bits per heavy atom. The molecule has 154 valence electrons. The van der Waals surface area contributed by atoms with Crippen LogP contribution in [0.3, 0.4) is 0 Å². The molecule has 0 saturated carbocycles. The normalized spacial score (nSPS) is 10.6. The molecular formula is C21H15FN6O3. The zero-order chi connectivity index (χ0) is 21.8. The lowest BCUT2D eigenvalue weighted by Crippen LogP contribution is -2.17. The van der Waals surface area contributed by atoms with Gasteiger partial charge in [-0.1, -0.05) is 12.1 Å². The van der Waals surface area contributed by atoms with E-state index in [1.54, 1.807) is 36.7 Å². The van der Waals surface area contributed by atoms with E-state index in [9.17, 15) is 19.3 Å². The van der Waals surface area contributed by atoms with Crippen LogP contribution in [0, 0.1) is 15.9 Å². The van der Waals surface area contributed by atoms with Gasteiger partial charge in [-0.15, -0.1) is 5.10 Å². The number of hydrogen-bond acceptors (Lipinski definition) is 7. The zero-order valence-corrected chi connectivity index (χ0v) is 16.0. The SMILES string of the molecule is O=C(c1ccc([N+](=O)[O-])cc1)n1nc(-c2cccnc2)nc1NCc1ccc(F)cc1. The number of aromatic nitrogens is 4. The number of nitro benzene ring substituents is 1. The maximum absolute atomic E-state index is 13.1. The van der Waals surface area contributed by atoms with Crippen molar-refractivity contribution in [2.45, 2.75) is 6.54 Å². The van der Waals surface area contributed by atoms with Crippen molar-refractivity contribution in [3.05, 3.63) is 100 Å². The molecule has 0 spiro atoms. The average molecular weight is 418 g/mol. The van der Waals surface area contributed by atoms with Crippen molar-refractivity contribution >= 4 is 17.5 Å². The highest BCUT2D eigenvalue weighted by atomic mass is 19.1. The van der Waals surface area contributed by atoms with E-state index in [-0.39, 0.29) is 35.4 Å². The van der Waals surface area contributed by atoms with Gasteiger partial charge in [0.05, 0.1) is 4.92 Å². The van der Waals surface area contributed by atoms with Crippen molar-refractivity contribution in [2.75, 3.05) is 5.32 Å². The second kappa shape index (κ2) is 8.49. The van der Waals surface area contributed by atoms with Crippen molar-refractivity contribution in [1.29, 1.82) is 0 Å². The van der Waals surface area contributed by atoms with Gasteiger partial charge >= 0.3 is 0 Å². The molecule has 9 nitrogen and oxygen atoms in total. The van der Waals surface area contributed by atoms with Crippen LogP contribution in [0.25, 0.3) is 11.4 Å². The second-order valence-corrected chi connectivity index (χ2v) is 6.50. The minimum absolute atomic E-state index is 0.124. The summed E-state index contributed by atoms with van der Waals surface area (Å²) in [5.41, 5.74) is 1.48. The predicted octanol–water partition coefficient (Wildman–Crippen LogP) is 3.69. The van der Waals surface area contributed by atoms with Gasteiger partial charge in [0, 0.05) is 42.2 Å². The summed E-state index contributed by atoms with van der Waals surface area (Å²) in [4.78, 5) is 31.8. The van der Waals surface area contributed by atoms with Gasteiger partial charge in [-0.05, 0) is 42.0 Å². The van der Waals surface area contributed by atoms with Gasteiger partial charge < -0.3 is 5.32 Å². The topological polar surface area (TPSA) is 116 Å². The number of pyridine rings is 1. The fourth-order valence-electron chi connectivity index (χ4n) is 2.82. The van der Waals surface area contributed by atoms with Crippen molar-refractivity contribution in [3.8, 4) is 11.4 Å². The van der Waals surface area contributed by atoms with E-state index in [2.05, 4.69) is 20.4 Å². The monoisotopic (exact) mass is 418 g/mol. The standard InChI is InChI=1S/C21H15FN6O3/c22-17-7-3-14(4-8-17)12-24-21-25-19(16-2-1-11-23-13-16)26-27(21)20(29)15-5-9-18(10-6-15)28(30)31/h1-11,13H,12H2,(H,24,25,26). The van der Waals surface area contributed by atoms with Crippen LogP contribution < -0.4 is 5.32 Å². The predicted molar refractivity (Wildman–Crippen MR) is 110 cm³/mol. The van der Waals surface area contributed by atoms with Crippen molar-refractivity contribution in [2.24, 2.45) is 0 Å². The molecule has 10 heteroatoms. The third-order valence-electron chi connectivity index (χ3n) is 4.41. The molecular weight excluding hydrogens is 403 g/mol. The minimum atomic E-state index is -0.542. The third kappa shape index (κ3) is 4.42. The molecule has 2 aromatic heterocycles. The average Bonchev–Trinajstić information content (AvgIpc) is 3.23. The summed E-state index contributed by atoms with van der Waals surface area (Å²) >= 11 is 0. The Hall–Kier alpha value is -4.47. The summed E-state index contributed by atoms with van der Waals surface area (Å²) in [5, 5.41) is 18.2. The Kier molecular flexibility index (Phi) is 5.43. The first-order chi connectivity index (χ1) is 15.0. The summed E-state index contributed by atoms with van der Waals surface area (Å²) in [5.74, 6) is -0.408. The number of anilines is 1. The molecule has 0 saturated heterocycles. The van der Waals surface area contributed by atoms with Gasteiger partial charge in [0.25, 0.3) is 11.6 Å². The highest BCUT2D eigenvalue weighted by Crippen LogP contribution is 2.20. The Morgan fingerprint density at radius 2 is 1.84 bits per heavy atom. The van der Waals surface area contributed by atoms with Gasteiger partial charge in [0.1, 0.15) is 5.82 Å². The summed E-state index contributed by atoms with van der Waals surface area (Å²) in [6.45, 7) is 0.277. The quantitative estimate of drug-likeness (QED) is 0.375. The molecule has 0 unspecified atom stereocenters. The number of carbonyl (C=O) groups excluding carboxylic acids is 1. The molecule has 4 rings (SSSR count). The van der Waals surface area contributed by atoms with E-state index in [4.69, 9.17) is 0 Å². The number of rotatable bonds is 6. The first-order valence-corrected chi connectivity index (χ1v) is 9.16. The van der Waals surface area contributed by atoms with E-state index in [1.807, 2.05) is 0 Å². The number of non-ortho nitro benzene ring substituents is 1. The molecule has 0 atom stereocenters. The smallest absolute Gasteiger partial charge is 0.281 e. The summed E-state index contributed by atoms with van der Waals surface area (Å²) in [6.07, 6.45) is 3.18. The maximum Gasteiger partial charge on any atom is 0.281 e. The van der Waals surface area contributed by atoms with Crippen molar-refractivity contribution < 1.29 is 14.1 Å². The van der Waals surface area contributed by atoms with Crippen LogP contribution in [0.5, 0.6) is 0 Å². The van der Waals surface area contributed by atoms with Gasteiger partial charge in [-0.3, -0.25) is 19.9 Å². The van der Waals surface area contributed by atoms with Crippen LogP contribution in [-0.2, 0) is 6.54 Å². The molecule has 0 amide bonds. The first kappa shape index (κ1) is 19.8. The molecule has 0 radical (unpaired) electrons. The fourth-order valence-corrected chi connectivity index (χ4v) is 2.82. The Morgan fingerprint density at radius 3 is 2.48 bits per heavy atom. The van der Waals surface area contributed by atoms with E-state index < -0.39 is 10.8 Å². The molecule has 31 heavy (non-hydrogen) atoms. The van der Waals surface area contributed by atoms with Crippen LogP contribution in [0.2, 0.25) is 0 Å². The van der Waals surface area contributed by atoms with Crippen LogP contribution in [0.15, 0.2) is 73.1 Å². The lowest BCUT2D eigenvalue weighted by atomic mass is 10.2. The molecule has 0 aliphatic carbocycles. The Bertz CT molecular complexity index is 1220. The number of nitro groups is 1. The molecule has 0 aliphatic heterocycles. The Labute approximate surface area is 175 Å². The molecule has 1 N–H and O–H groups in total. The molecule has 4 aromatic rings. The molecule has 2 heterocycles. The van der Waals surface area contributed by atoms with E-state index in [1.165, 1.54) is 36.4 Å². The third-order valence-corrected chi connectivity index (χ3v) is 4.41. The van der Waals surface area contributed by atoms with E-state index in [0.29, 0.717) is 5.56 Å². The number of hydrogen-bond donors (Lipinski definition) is 1. The van der Waals surface area contributed by atoms with Crippen LogP contribution >= 0.6 is 0 Å². The number of nitrogens with zero attached hydrogens (tertiary/aromatic N) is 5. The number of halogens is 1. The Balaban J connectivity index is 1.66. The molecule has 2 aromatic carbocycles. The number of nitrogens with one attached hydrogen (secondary N) is 1. The zero-order valence-electron chi connectivity index (χ0n) is 16.0. The molecule has 0 aliphatic rings. The summed E-state index contributed by atoms with van der Waals surface area (Å²) in [6, 6.07) is 14.6. The number of carbonyl (C=O) groups is 1. The lowest BCUT2D eigenvalue weighted by molar-refractivity contribution is -0.384. The summed E-state index contributed by atoms with van der Waals surface area (Å²) in [7, 11) is 0. The number of benzene rings is 2. The highest BCUT2D eigenvalue weighted by Gasteiger charge is 2.19.